The van der Waals surface area contributed by atoms with Gasteiger partial charge in [-0.1, -0.05) is 102 Å². The highest BCUT2D eigenvalue weighted by Crippen LogP contribution is 2.39. The number of nitrogens with zero attached hydrogens (tertiary/aromatic N) is 3. The molecule has 44 heavy (non-hydrogen) atoms. The van der Waals surface area contributed by atoms with E-state index in [-0.39, 0.29) is 23.9 Å². The van der Waals surface area contributed by atoms with Crippen LogP contribution in [-0.2, 0) is 11.3 Å². The van der Waals surface area contributed by atoms with E-state index < -0.39 is 6.04 Å². The summed E-state index contributed by atoms with van der Waals surface area (Å²) in [6.45, 7) is 6.39. The van der Waals surface area contributed by atoms with Crippen LogP contribution in [0.15, 0.2) is 47.6 Å². The number of urea groups is 1. The van der Waals surface area contributed by atoms with Crippen LogP contribution in [0.25, 0.3) is 0 Å². The Bertz CT molecular complexity index is 1290. The monoisotopic (exact) mass is 599 g/mol. The third kappa shape index (κ3) is 7.71. The van der Waals surface area contributed by atoms with Gasteiger partial charge in [-0.15, -0.1) is 0 Å². The van der Waals surface area contributed by atoms with Crippen LogP contribution in [0.4, 0.5) is 16.2 Å². The van der Waals surface area contributed by atoms with E-state index in [9.17, 15) is 9.59 Å². The van der Waals surface area contributed by atoms with Crippen LogP contribution in [0, 0.1) is 18.8 Å². The SMILES string of the molecule is Cc1ccc2c(c1)N(c1ccc(CNC(=O)[C@@H](N)C(C)C)cc1)C(=O)N(C1CCCCCCCCC1)N=C2C1CCCCC1. The lowest BCUT2D eigenvalue weighted by Crippen LogP contribution is -2.43. The summed E-state index contributed by atoms with van der Waals surface area (Å²) < 4.78 is 0. The van der Waals surface area contributed by atoms with E-state index in [1.54, 1.807) is 0 Å². The van der Waals surface area contributed by atoms with Gasteiger partial charge in [-0.25, -0.2) is 9.80 Å². The molecule has 3 aliphatic rings. The molecule has 2 aliphatic carbocycles. The maximum atomic E-state index is 14.8. The van der Waals surface area contributed by atoms with Gasteiger partial charge < -0.3 is 11.1 Å². The Morgan fingerprint density at radius 1 is 0.886 bits per heavy atom. The molecule has 3 amide bonds. The fourth-order valence-electron chi connectivity index (χ4n) is 7.03. The van der Waals surface area contributed by atoms with E-state index in [4.69, 9.17) is 10.8 Å². The third-order valence-electron chi connectivity index (χ3n) is 9.87. The van der Waals surface area contributed by atoms with Crippen LogP contribution < -0.4 is 16.0 Å². The summed E-state index contributed by atoms with van der Waals surface area (Å²) >= 11 is 0. The molecule has 2 saturated carbocycles. The first-order valence-corrected chi connectivity index (χ1v) is 17.3. The van der Waals surface area contributed by atoms with Crippen molar-refractivity contribution in [2.45, 2.75) is 129 Å². The second-order valence-electron chi connectivity index (χ2n) is 13.7. The van der Waals surface area contributed by atoms with E-state index in [0.717, 1.165) is 72.3 Å². The lowest BCUT2D eigenvalue weighted by molar-refractivity contribution is -0.123. The highest BCUT2D eigenvalue weighted by Gasteiger charge is 2.37. The Balaban J connectivity index is 1.51. The number of carbonyl (C=O) groups excluding carboxylic acids is 2. The van der Waals surface area contributed by atoms with Gasteiger partial charge in [0, 0.05) is 18.0 Å². The van der Waals surface area contributed by atoms with E-state index in [0.29, 0.717) is 12.5 Å². The first-order valence-electron chi connectivity index (χ1n) is 17.3. The van der Waals surface area contributed by atoms with Crippen molar-refractivity contribution in [3.8, 4) is 0 Å². The maximum absolute atomic E-state index is 14.8. The maximum Gasteiger partial charge on any atom is 0.349 e. The molecule has 1 heterocycles. The summed E-state index contributed by atoms with van der Waals surface area (Å²) in [6.07, 6.45) is 16.5. The summed E-state index contributed by atoms with van der Waals surface area (Å²) in [5.74, 6) is 0.290. The number of benzene rings is 2. The molecule has 0 bridgehead atoms. The Morgan fingerprint density at radius 2 is 1.48 bits per heavy atom. The van der Waals surface area contributed by atoms with Crippen LogP contribution in [0.3, 0.4) is 0 Å². The molecular weight excluding hydrogens is 546 g/mol. The minimum absolute atomic E-state index is 0.0614. The van der Waals surface area contributed by atoms with Gasteiger partial charge in [0.25, 0.3) is 0 Å². The highest BCUT2D eigenvalue weighted by atomic mass is 16.2. The molecular formula is C37H53N5O2. The molecule has 5 rings (SSSR count). The fourth-order valence-corrected chi connectivity index (χ4v) is 7.03. The van der Waals surface area contributed by atoms with Crippen molar-refractivity contribution in [2.24, 2.45) is 22.7 Å². The summed E-state index contributed by atoms with van der Waals surface area (Å²) in [4.78, 5) is 29.2. The third-order valence-corrected chi connectivity index (χ3v) is 9.87. The predicted molar refractivity (Wildman–Crippen MR) is 180 cm³/mol. The van der Waals surface area contributed by atoms with Crippen LogP contribution in [0.5, 0.6) is 0 Å². The standard InChI is InChI=1S/C37H53N5O2/c1-26(2)34(38)36(43)39-25-28-19-21-30(22-20-28)41-33-24-27(3)18-23-32(33)35(29-14-10-9-11-15-29)40-42(37(41)44)31-16-12-7-5-4-6-8-13-17-31/h18-24,26,29,31,34H,4-17,25,38H2,1-3H3,(H,39,43)/t34-/m0/s1. The molecule has 2 fully saturated rings. The van der Waals surface area contributed by atoms with Crippen LogP contribution >= 0.6 is 0 Å². The number of nitrogens with one attached hydrogen (secondary N) is 1. The first-order chi connectivity index (χ1) is 21.3. The smallest absolute Gasteiger partial charge is 0.349 e. The predicted octanol–water partition coefficient (Wildman–Crippen LogP) is 8.35. The molecule has 0 radical (unpaired) electrons. The lowest BCUT2D eigenvalue weighted by atomic mass is 9.82. The number of anilines is 2. The van der Waals surface area contributed by atoms with Crippen molar-refractivity contribution in [1.29, 1.82) is 0 Å². The fraction of sp³-hybridized carbons (Fsp3) is 0.595. The zero-order chi connectivity index (χ0) is 31.1. The van der Waals surface area contributed by atoms with Crippen molar-refractivity contribution in [3.63, 3.8) is 0 Å². The molecule has 0 aromatic heterocycles. The van der Waals surface area contributed by atoms with Gasteiger partial charge in [-0.05, 0) is 67.9 Å². The second-order valence-corrected chi connectivity index (χ2v) is 13.7. The minimum Gasteiger partial charge on any atom is -0.351 e. The molecule has 1 aliphatic heterocycles. The first kappa shape index (κ1) is 32.2. The van der Waals surface area contributed by atoms with Gasteiger partial charge in [0.2, 0.25) is 5.91 Å². The number of rotatable bonds is 7. The number of amides is 3. The second kappa shape index (κ2) is 15.2. The average molecular weight is 600 g/mol. The van der Waals surface area contributed by atoms with Crippen molar-refractivity contribution in [1.82, 2.24) is 10.3 Å². The van der Waals surface area contributed by atoms with E-state index in [1.807, 2.05) is 48.0 Å². The Morgan fingerprint density at radius 3 is 2.11 bits per heavy atom. The zero-order valence-electron chi connectivity index (χ0n) is 27.2. The molecule has 0 saturated heterocycles. The Kier molecular flexibility index (Phi) is 11.1. The number of aryl methyl sites for hydroxylation is 1. The molecule has 238 valence electrons. The van der Waals surface area contributed by atoms with E-state index in [2.05, 4.69) is 30.4 Å². The van der Waals surface area contributed by atoms with Crippen molar-refractivity contribution in [3.05, 3.63) is 59.2 Å². The van der Waals surface area contributed by atoms with Gasteiger partial charge in [0.15, 0.2) is 0 Å². The summed E-state index contributed by atoms with van der Waals surface area (Å²) in [5.41, 5.74) is 12.0. The number of hydrogen-bond acceptors (Lipinski definition) is 4. The topological polar surface area (TPSA) is 91.0 Å². The molecule has 2 aromatic rings. The van der Waals surface area contributed by atoms with Crippen molar-refractivity contribution >= 4 is 29.0 Å². The van der Waals surface area contributed by atoms with Crippen LogP contribution in [0.1, 0.15) is 120 Å². The summed E-state index contributed by atoms with van der Waals surface area (Å²) in [7, 11) is 0. The highest BCUT2D eigenvalue weighted by molar-refractivity contribution is 6.14. The number of carbonyl (C=O) groups is 2. The van der Waals surface area contributed by atoms with Crippen molar-refractivity contribution < 1.29 is 9.59 Å². The minimum atomic E-state index is -0.532. The van der Waals surface area contributed by atoms with Crippen LogP contribution in [0.2, 0.25) is 0 Å². The number of nitrogens with two attached hydrogens (primary N) is 1. The molecule has 0 unspecified atom stereocenters. The largest absolute Gasteiger partial charge is 0.351 e. The van der Waals surface area contributed by atoms with E-state index >= 15 is 0 Å². The molecule has 0 spiro atoms. The summed E-state index contributed by atoms with van der Waals surface area (Å²) in [6, 6.07) is 14.0. The van der Waals surface area contributed by atoms with Crippen LogP contribution in [-0.4, -0.2) is 34.7 Å². The van der Waals surface area contributed by atoms with E-state index in [1.165, 1.54) is 51.4 Å². The molecule has 7 nitrogen and oxygen atoms in total. The molecule has 7 heteroatoms. The number of hydrogen-bond donors (Lipinski definition) is 2. The quantitative estimate of drug-likeness (QED) is 0.335. The Hall–Kier alpha value is -3.19. The number of fused-ring (bicyclic) bond motifs is 1. The molecule has 1 atom stereocenters. The molecule has 2 aromatic carbocycles. The van der Waals surface area contributed by atoms with Gasteiger partial charge in [-0.3, -0.25) is 9.69 Å². The average Bonchev–Trinajstić information content (AvgIpc) is 3.16. The van der Waals surface area contributed by atoms with Gasteiger partial charge in [0.1, 0.15) is 0 Å². The molecule has 3 N–H and O–H groups in total. The Labute approximate surface area is 264 Å². The van der Waals surface area contributed by atoms with Crippen molar-refractivity contribution in [2.75, 3.05) is 4.90 Å². The number of hydrazone groups is 1. The normalized spacial score (nSPS) is 20.1. The lowest BCUT2D eigenvalue weighted by Gasteiger charge is -2.32. The summed E-state index contributed by atoms with van der Waals surface area (Å²) in [5, 5.41) is 10.2. The van der Waals surface area contributed by atoms with Gasteiger partial charge in [0.05, 0.1) is 29.2 Å². The van der Waals surface area contributed by atoms with Gasteiger partial charge >= 0.3 is 6.03 Å². The zero-order valence-corrected chi connectivity index (χ0v) is 27.2. The van der Waals surface area contributed by atoms with Gasteiger partial charge in [-0.2, -0.15) is 5.10 Å².